The largest absolute Gasteiger partial charge is 0.427 e. The number of hydrogen-bond acceptors (Lipinski definition) is 3. The fourth-order valence-electron chi connectivity index (χ4n) is 1.79. The van der Waals surface area contributed by atoms with Crippen LogP contribution >= 0.6 is 8.60 Å². The van der Waals surface area contributed by atoms with E-state index in [-0.39, 0.29) is 0 Å². The number of hydrogen-bond donors (Lipinski definition) is 2. The Morgan fingerprint density at radius 1 is 1.25 bits per heavy atom. The lowest BCUT2D eigenvalue weighted by atomic mass is 9.99. The van der Waals surface area contributed by atoms with Gasteiger partial charge < -0.3 is 14.3 Å². The third kappa shape index (κ3) is 3.75. The van der Waals surface area contributed by atoms with Gasteiger partial charge in [0.2, 0.25) is 0 Å². The van der Waals surface area contributed by atoms with Gasteiger partial charge in [-0.15, -0.1) is 0 Å². The Bertz CT molecular complexity index is 326. The zero-order chi connectivity index (χ0) is 12.0. The first-order valence-electron chi connectivity index (χ1n) is 5.65. The van der Waals surface area contributed by atoms with Crippen LogP contribution in [-0.2, 0) is 12.8 Å². The predicted molar refractivity (Wildman–Crippen MR) is 66.4 cm³/mol. The maximum atomic E-state index is 8.89. The van der Waals surface area contributed by atoms with Gasteiger partial charge in [0, 0.05) is 0 Å². The second-order valence-electron chi connectivity index (χ2n) is 3.69. The van der Waals surface area contributed by atoms with Crippen LogP contribution in [0.4, 0.5) is 0 Å². The van der Waals surface area contributed by atoms with Crippen LogP contribution in [0.5, 0.6) is 5.75 Å². The summed E-state index contributed by atoms with van der Waals surface area (Å²) < 4.78 is 5.03. The minimum absolute atomic E-state index is 0.604. The standard InChI is InChI=1S/C12H19O3P/c1-3-5-7-10-8-6-9-12(11(10)4-2)15-16(13)14/h6,8-9,13-14H,3-5,7H2,1-2H3. The Kier molecular flexibility index (Phi) is 5.75. The lowest BCUT2D eigenvalue weighted by Gasteiger charge is -2.14. The molecule has 0 bridgehead atoms. The van der Waals surface area contributed by atoms with Crippen molar-refractivity contribution in [2.45, 2.75) is 39.5 Å². The molecule has 1 aromatic carbocycles. The molecule has 0 aliphatic heterocycles. The second kappa shape index (κ2) is 6.85. The minimum Gasteiger partial charge on any atom is -0.427 e. The van der Waals surface area contributed by atoms with E-state index in [1.165, 1.54) is 5.56 Å². The molecule has 1 aromatic rings. The van der Waals surface area contributed by atoms with Gasteiger partial charge in [0.25, 0.3) is 0 Å². The van der Waals surface area contributed by atoms with Crippen molar-refractivity contribution < 1.29 is 14.3 Å². The van der Waals surface area contributed by atoms with Gasteiger partial charge >= 0.3 is 8.60 Å². The van der Waals surface area contributed by atoms with Crippen LogP contribution in [0.3, 0.4) is 0 Å². The van der Waals surface area contributed by atoms with Gasteiger partial charge in [0.05, 0.1) is 0 Å². The van der Waals surface area contributed by atoms with Crippen LogP contribution in [0.2, 0.25) is 0 Å². The monoisotopic (exact) mass is 242 g/mol. The topological polar surface area (TPSA) is 49.7 Å². The summed E-state index contributed by atoms with van der Waals surface area (Å²) in [5.74, 6) is 0.604. The van der Waals surface area contributed by atoms with Crippen molar-refractivity contribution in [3.8, 4) is 5.75 Å². The molecule has 0 amide bonds. The van der Waals surface area contributed by atoms with E-state index in [4.69, 9.17) is 14.3 Å². The van der Waals surface area contributed by atoms with Crippen LogP contribution in [0.25, 0.3) is 0 Å². The lowest BCUT2D eigenvalue weighted by molar-refractivity contribution is 0.373. The molecule has 0 saturated heterocycles. The van der Waals surface area contributed by atoms with Crippen molar-refractivity contribution in [2.24, 2.45) is 0 Å². The summed E-state index contributed by atoms with van der Waals surface area (Å²) in [5, 5.41) is 0. The summed E-state index contributed by atoms with van der Waals surface area (Å²) in [4.78, 5) is 17.8. The maximum absolute atomic E-state index is 8.89. The lowest BCUT2D eigenvalue weighted by Crippen LogP contribution is -1.97. The fraction of sp³-hybridized carbons (Fsp3) is 0.500. The molecule has 90 valence electrons. The SMILES string of the molecule is CCCCc1cccc(OP(O)O)c1CC. The van der Waals surface area contributed by atoms with Gasteiger partial charge in [-0.25, -0.2) is 0 Å². The third-order valence-electron chi connectivity index (χ3n) is 2.56. The number of unbranched alkanes of at least 4 members (excludes halogenated alkanes) is 1. The molecule has 0 atom stereocenters. The van der Waals surface area contributed by atoms with Crippen LogP contribution in [-0.4, -0.2) is 9.79 Å². The average Bonchev–Trinajstić information content (AvgIpc) is 2.25. The zero-order valence-electron chi connectivity index (χ0n) is 9.81. The van der Waals surface area contributed by atoms with Crippen molar-refractivity contribution in [1.29, 1.82) is 0 Å². The predicted octanol–water partition coefficient (Wildman–Crippen LogP) is 3.18. The highest BCUT2D eigenvalue weighted by Gasteiger charge is 2.10. The Labute approximate surface area is 98.1 Å². The van der Waals surface area contributed by atoms with Gasteiger partial charge in [0.1, 0.15) is 5.75 Å². The van der Waals surface area contributed by atoms with Crippen molar-refractivity contribution in [1.82, 2.24) is 0 Å². The van der Waals surface area contributed by atoms with E-state index in [9.17, 15) is 0 Å². The van der Waals surface area contributed by atoms with Gasteiger partial charge in [-0.2, -0.15) is 0 Å². The van der Waals surface area contributed by atoms with Crippen LogP contribution in [0.1, 0.15) is 37.8 Å². The van der Waals surface area contributed by atoms with Crippen LogP contribution < -0.4 is 4.52 Å². The molecule has 2 N–H and O–H groups in total. The minimum atomic E-state index is -2.32. The van der Waals surface area contributed by atoms with Gasteiger partial charge in [-0.3, -0.25) is 0 Å². The molecule has 0 heterocycles. The summed E-state index contributed by atoms with van der Waals surface area (Å²) >= 11 is 0. The van der Waals surface area contributed by atoms with E-state index in [1.807, 2.05) is 6.07 Å². The van der Waals surface area contributed by atoms with Crippen molar-refractivity contribution in [2.75, 3.05) is 0 Å². The fourth-order valence-corrected chi connectivity index (χ4v) is 2.13. The molecular formula is C12H19O3P. The first kappa shape index (κ1) is 13.4. The molecular weight excluding hydrogens is 223 g/mol. The zero-order valence-corrected chi connectivity index (χ0v) is 10.7. The second-order valence-corrected chi connectivity index (χ2v) is 4.38. The van der Waals surface area contributed by atoms with Crippen LogP contribution in [0, 0.1) is 0 Å². The van der Waals surface area contributed by atoms with Crippen molar-refractivity contribution >= 4 is 8.60 Å². The van der Waals surface area contributed by atoms with E-state index in [1.54, 1.807) is 6.07 Å². The summed E-state index contributed by atoms with van der Waals surface area (Å²) in [5.41, 5.74) is 2.34. The average molecular weight is 242 g/mol. The van der Waals surface area contributed by atoms with Gasteiger partial charge in [-0.1, -0.05) is 32.4 Å². The van der Waals surface area contributed by atoms with E-state index < -0.39 is 8.60 Å². The Morgan fingerprint density at radius 2 is 2.00 bits per heavy atom. The molecule has 3 nitrogen and oxygen atoms in total. The highest BCUT2D eigenvalue weighted by molar-refractivity contribution is 7.39. The molecule has 16 heavy (non-hydrogen) atoms. The molecule has 0 spiro atoms. The number of benzene rings is 1. The normalized spacial score (nSPS) is 10.8. The van der Waals surface area contributed by atoms with Gasteiger partial charge in [-0.05, 0) is 36.5 Å². The van der Waals surface area contributed by atoms with E-state index in [0.717, 1.165) is 31.2 Å². The first-order valence-corrected chi connectivity index (χ1v) is 6.82. The maximum Gasteiger partial charge on any atom is 0.391 e. The number of aryl methyl sites for hydroxylation is 1. The molecule has 4 heteroatoms. The third-order valence-corrected chi connectivity index (χ3v) is 2.92. The molecule has 0 aliphatic carbocycles. The Balaban J connectivity index is 2.91. The Hall–Kier alpha value is -0.630. The van der Waals surface area contributed by atoms with Crippen LogP contribution in [0.15, 0.2) is 18.2 Å². The summed E-state index contributed by atoms with van der Waals surface area (Å²) in [7, 11) is -2.32. The van der Waals surface area contributed by atoms with E-state index >= 15 is 0 Å². The van der Waals surface area contributed by atoms with E-state index in [2.05, 4.69) is 19.9 Å². The Morgan fingerprint density at radius 3 is 2.56 bits per heavy atom. The molecule has 0 radical (unpaired) electrons. The van der Waals surface area contributed by atoms with Crippen molar-refractivity contribution in [3.05, 3.63) is 29.3 Å². The molecule has 0 aliphatic rings. The quantitative estimate of drug-likeness (QED) is 0.753. The molecule has 0 aromatic heterocycles. The van der Waals surface area contributed by atoms with Gasteiger partial charge in [0.15, 0.2) is 0 Å². The summed E-state index contributed by atoms with van der Waals surface area (Å²) in [6.45, 7) is 4.21. The van der Waals surface area contributed by atoms with E-state index in [0.29, 0.717) is 5.75 Å². The summed E-state index contributed by atoms with van der Waals surface area (Å²) in [6, 6.07) is 5.77. The number of rotatable bonds is 6. The molecule has 0 saturated carbocycles. The molecule has 1 rings (SSSR count). The molecule has 0 fully saturated rings. The van der Waals surface area contributed by atoms with Crippen molar-refractivity contribution in [3.63, 3.8) is 0 Å². The smallest absolute Gasteiger partial charge is 0.391 e. The summed E-state index contributed by atoms with van der Waals surface area (Å²) in [6.07, 6.45) is 4.16. The molecule has 0 unspecified atom stereocenters. The highest BCUT2D eigenvalue weighted by Crippen LogP contribution is 2.33. The first-order chi connectivity index (χ1) is 7.69. The highest BCUT2D eigenvalue weighted by atomic mass is 31.2.